The number of sulfonamides is 1. The Morgan fingerprint density at radius 3 is 2.46 bits per heavy atom. The van der Waals surface area contributed by atoms with Gasteiger partial charge >= 0.3 is 0 Å². The van der Waals surface area contributed by atoms with E-state index in [1.165, 1.54) is 15.9 Å². The van der Waals surface area contributed by atoms with Crippen molar-refractivity contribution in [2.24, 2.45) is 0 Å². The zero-order valence-corrected chi connectivity index (χ0v) is 16.5. The maximum atomic E-state index is 13.0. The van der Waals surface area contributed by atoms with Gasteiger partial charge in [-0.2, -0.15) is 4.31 Å². The highest BCUT2D eigenvalue weighted by atomic mass is 32.2. The molecule has 0 aromatic heterocycles. The van der Waals surface area contributed by atoms with Crippen LogP contribution >= 0.6 is 0 Å². The van der Waals surface area contributed by atoms with Crippen molar-refractivity contribution in [1.82, 2.24) is 9.21 Å². The van der Waals surface area contributed by atoms with Gasteiger partial charge in [-0.3, -0.25) is 4.79 Å². The first kappa shape index (κ1) is 19.1. The quantitative estimate of drug-likeness (QED) is 0.790. The molecule has 2 aliphatic rings. The molecule has 0 N–H and O–H groups in total. The maximum Gasteiger partial charge on any atom is 0.253 e. The zero-order valence-electron chi connectivity index (χ0n) is 15.7. The van der Waals surface area contributed by atoms with E-state index < -0.39 is 10.0 Å². The summed E-state index contributed by atoms with van der Waals surface area (Å²) in [6.45, 7) is 2.80. The van der Waals surface area contributed by atoms with Crippen molar-refractivity contribution in [3.05, 3.63) is 65.7 Å². The lowest BCUT2D eigenvalue weighted by atomic mass is 9.99. The van der Waals surface area contributed by atoms with E-state index in [0.29, 0.717) is 50.9 Å². The molecule has 0 saturated carbocycles. The molecule has 2 heterocycles. The number of hydrogen-bond acceptors (Lipinski definition) is 4. The Morgan fingerprint density at radius 1 is 0.964 bits per heavy atom. The van der Waals surface area contributed by atoms with Gasteiger partial charge in [0.1, 0.15) is 0 Å². The molecule has 1 unspecified atom stereocenters. The van der Waals surface area contributed by atoms with Crippen molar-refractivity contribution in [2.45, 2.75) is 17.2 Å². The summed E-state index contributed by atoms with van der Waals surface area (Å²) >= 11 is 0. The van der Waals surface area contributed by atoms with Gasteiger partial charge in [0.2, 0.25) is 10.0 Å². The van der Waals surface area contributed by atoms with E-state index in [1.54, 1.807) is 18.2 Å². The summed E-state index contributed by atoms with van der Waals surface area (Å²) in [5.41, 5.74) is 1.66. The molecular formula is C21H24N2O4S. The van der Waals surface area contributed by atoms with Gasteiger partial charge in [0, 0.05) is 37.7 Å². The van der Waals surface area contributed by atoms with Crippen molar-refractivity contribution in [1.29, 1.82) is 0 Å². The summed E-state index contributed by atoms with van der Waals surface area (Å²) in [7, 11) is -3.61. The third kappa shape index (κ3) is 3.83. The van der Waals surface area contributed by atoms with Gasteiger partial charge in [-0.1, -0.05) is 36.4 Å². The van der Waals surface area contributed by atoms with Crippen LogP contribution in [0.25, 0.3) is 0 Å². The Hall–Kier alpha value is -2.22. The molecule has 2 aromatic rings. The average Bonchev–Trinajstić information content (AvgIpc) is 3.25. The molecule has 2 aliphatic heterocycles. The summed E-state index contributed by atoms with van der Waals surface area (Å²) in [5.74, 6) is 0.211. The second kappa shape index (κ2) is 8.03. The Labute approximate surface area is 165 Å². The van der Waals surface area contributed by atoms with Gasteiger partial charge < -0.3 is 9.64 Å². The van der Waals surface area contributed by atoms with Gasteiger partial charge in [-0.15, -0.1) is 0 Å². The maximum absolute atomic E-state index is 13.0. The third-order valence-corrected chi connectivity index (χ3v) is 7.33. The van der Waals surface area contributed by atoms with Crippen LogP contribution in [0.1, 0.15) is 28.3 Å². The van der Waals surface area contributed by atoms with Gasteiger partial charge in [0.15, 0.2) is 0 Å². The van der Waals surface area contributed by atoms with E-state index in [9.17, 15) is 13.2 Å². The summed E-state index contributed by atoms with van der Waals surface area (Å²) in [6.07, 6.45) is 0.918. The minimum Gasteiger partial charge on any atom is -0.379 e. The Morgan fingerprint density at radius 2 is 1.71 bits per heavy atom. The number of ether oxygens (including phenoxy) is 1. The molecule has 1 atom stereocenters. The lowest BCUT2D eigenvalue weighted by Crippen LogP contribution is -2.40. The molecule has 2 fully saturated rings. The molecule has 28 heavy (non-hydrogen) atoms. The minimum atomic E-state index is -3.61. The van der Waals surface area contributed by atoms with Gasteiger partial charge in [-0.05, 0) is 30.2 Å². The van der Waals surface area contributed by atoms with Crippen LogP contribution in [0, 0.1) is 0 Å². The predicted molar refractivity (Wildman–Crippen MR) is 106 cm³/mol. The molecule has 1 amide bonds. The lowest BCUT2D eigenvalue weighted by molar-refractivity contribution is 0.0730. The summed E-state index contributed by atoms with van der Waals surface area (Å²) in [6, 6.07) is 16.6. The van der Waals surface area contributed by atoms with Crippen molar-refractivity contribution in [3.63, 3.8) is 0 Å². The van der Waals surface area contributed by atoms with E-state index in [0.717, 1.165) is 6.42 Å². The molecule has 4 rings (SSSR count). The van der Waals surface area contributed by atoms with Crippen LogP contribution in [0.5, 0.6) is 0 Å². The van der Waals surface area contributed by atoms with Gasteiger partial charge in [0.05, 0.1) is 18.1 Å². The number of morpholine rings is 1. The summed E-state index contributed by atoms with van der Waals surface area (Å²) < 4.78 is 32.4. The summed E-state index contributed by atoms with van der Waals surface area (Å²) in [4.78, 5) is 15.0. The Bertz CT molecular complexity index is 940. The van der Waals surface area contributed by atoms with Crippen molar-refractivity contribution < 1.29 is 17.9 Å². The third-order valence-electron chi connectivity index (χ3n) is 5.44. The first-order chi connectivity index (χ1) is 13.6. The number of rotatable bonds is 4. The number of nitrogens with zero attached hydrogens (tertiary/aromatic N) is 2. The summed E-state index contributed by atoms with van der Waals surface area (Å²) in [5, 5.41) is 0. The predicted octanol–water partition coefficient (Wildman–Crippen LogP) is 2.34. The van der Waals surface area contributed by atoms with E-state index in [2.05, 4.69) is 12.1 Å². The Balaban J connectivity index is 1.51. The highest BCUT2D eigenvalue weighted by Crippen LogP contribution is 2.28. The van der Waals surface area contributed by atoms with Crippen LogP contribution < -0.4 is 0 Å². The first-order valence-corrected chi connectivity index (χ1v) is 11.0. The van der Waals surface area contributed by atoms with Crippen molar-refractivity contribution in [3.8, 4) is 0 Å². The Kier molecular flexibility index (Phi) is 5.48. The smallest absolute Gasteiger partial charge is 0.253 e. The van der Waals surface area contributed by atoms with Crippen molar-refractivity contribution in [2.75, 3.05) is 39.4 Å². The standard InChI is InChI=1S/C21H24N2O4S/c24-21(22-10-9-19(16-22)17-5-2-1-3-6-17)18-7-4-8-20(15-18)28(25,26)23-11-13-27-14-12-23/h1-8,15,19H,9-14,16H2. The lowest BCUT2D eigenvalue weighted by Gasteiger charge is -2.26. The zero-order chi connectivity index (χ0) is 19.6. The molecule has 2 saturated heterocycles. The molecule has 2 aromatic carbocycles. The molecule has 0 radical (unpaired) electrons. The second-order valence-electron chi connectivity index (χ2n) is 7.19. The van der Waals surface area contributed by atoms with E-state index in [-0.39, 0.29) is 10.8 Å². The monoisotopic (exact) mass is 400 g/mol. The fourth-order valence-electron chi connectivity index (χ4n) is 3.85. The fraction of sp³-hybridized carbons (Fsp3) is 0.381. The second-order valence-corrected chi connectivity index (χ2v) is 9.13. The number of hydrogen-bond donors (Lipinski definition) is 0. The average molecular weight is 401 g/mol. The van der Waals surface area contributed by atoms with E-state index in [4.69, 9.17) is 4.74 Å². The SMILES string of the molecule is O=C(c1cccc(S(=O)(=O)N2CCOCC2)c1)N1CCC(c2ccccc2)C1. The van der Waals surface area contributed by atoms with Crippen LogP contribution in [-0.4, -0.2) is 62.9 Å². The molecule has 6 nitrogen and oxygen atoms in total. The topological polar surface area (TPSA) is 66.9 Å². The van der Waals surface area contributed by atoms with Gasteiger partial charge in [-0.25, -0.2) is 8.42 Å². The van der Waals surface area contributed by atoms with Crippen LogP contribution in [0.4, 0.5) is 0 Å². The van der Waals surface area contributed by atoms with Crippen LogP contribution in [0.15, 0.2) is 59.5 Å². The fourth-order valence-corrected chi connectivity index (χ4v) is 5.30. The van der Waals surface area contributed by atoms with E-state index in [1.807, 2.05) is 23.1 Å². The molecule has 0 spiro atoms. The number of amides is 1. The highest BCUT2D eigenvalue weighted by molar-refractivity contribution is 7.89. The minimum absolute atomic E-state index is 0.113. The highest BCUT2D eigenvalue weighted by Gasteiger charge is 2.30. The largest absolute Gasteiger partial charge is 0.379 e. The molecule has 0 aliphatic carbocycles. The van der Waals surface area contributed by atoms with E-state index >= 15 is 0 Å². The number of carbonyl (C=O) groups excluding carboxylic acids is 1. The van der Waals surface area contributed by atoms with Gasteiger partial charge in [0.25, 0.3) is 5.91 Å². The first-order valence-electron chi connectivity index (χ1n) is 9.58. The number of carbonyl (C=O) groups is 1. The van der Waals surface area contributed by atoms with Crippen molar-refractivity contribution >= 4 is 15.9 Å². The molecule has 148 valence electrons. The number of likely N-dealkylation sites (tertiary alicyclic amines) is 1. The molecule has 0 bridgehead atoms. The molecule has 7 heteroatoms. The normalized spacial score (nSPS) is 21.0. The van der Waals surface area contributed by atoms with Crippen LogP contribution in [0.3, 0.4) is 0 Å². The number of benzene rings is 2. The molecular weight excluding hydrogens is 376 g/mol. The van der Waals surface area contributed by atoms with Crippen LogP contribution in [-0.2, 0) is 14.8 Å². The van der Waals surface area contributed by atoms with Crippen LogP contribution in [0.2, 0.25) is 0 Å².